The molecule has 0 atom stereocenters. The first-order valence-electron chi connectivity index (χ1n) is 8.70. The molecule has 0 aromatic heterocycles. The number of hydrazone groups is 1. The van der Waals surface area contributed by atoms with E-state index in [0.717, 1.165) is 18.7 Å². The molecule has 1 amide bonds. The second kappa shape index (κ2) is 7.64. The first-order chi connectivity index (χ1) is 13.2. The highest BCUT2D eigenvalue weighted by atomic mass is 35.5. The van der Waals surface area contributed by atoms with Gasteiger partial charge in [0, 0.05) is 18.8 Å². The second-order valence-corrected chi connectivity index (χ2v) is 6.80. The molecular formula is C22H18ClN3O. The SMILES string of the molecule is O=C(N/N=C/c1ccc(N2Cc3ccccc3C2)cc1)c1ccccc1Cl. The molecule has 1 N–H and O–H groups in total. The molecule has 0 aliphatic carbocycles. The molecule has 4 nitrogen and oxygen atoms in total. The van der Waals surface area contributed by atoms with Gasteiger partial charge in [0.25, 0.3) is 5.91 Å². The highest BCUT2D eigenvalue weighted by molar-refractivity contribution is 6.33. The molecule has 5 heteroatoms. The van der Waals surface area contributed by atoms with Crippen molar-refractivity contribution in [1.29, 1.82) is 0 Å². The third-order valence-electron chi connectivity index (χ3n) is 4.60. The molecule has 0 spiro atoms. The van der Waals surface area contributed by atoms with E-state index in [1.54, 1.807) is 30.5 Å². The predicted molar refractivity (Wildman–Crippen MR) is 109 cm³/mol. The number of hydrogen-bond acceptors (Lipinski definition) is 3. The van der Waals surface area contributed by atoms with Gasteiger partial charge in [-0.1, -0.05) is 60.1 Å². The molecule has 3 aromatic carbocycles. The number of amides is 1. The van der Waals surface area contributed by atoms with Gasteiger partial charge in [0.2, 0.25) is 0 Å². The summed E-state index contributed by atoms with van der Waals surface area (Å²) in [6.45, 7) is 1.86. The Labute approximate surface area is 163 Å². The largest absolute Gasteiger partial charge is 0.363 e. The van der Waals surface area contributed by atoms with Crippen LogP contribution in [0, 0.1) is 0 Å². The van der Waals surface area contributed by atoms with Crippen LogP contribution in [0.2, 0.25) is 5.02 Å². The standard InChI is InChI=1S/C22H18ClN3O/c23-21-8-4-3-7-20(21)22(27)25-24-13-16-9-11-19(12-10-16)26-14-17-5-1-2-6-18(17)15-26/h1-13H,14-15H2,(H,25,27)/b24-13+. The molecule has 1 aliphatic rings. The van der Waals surface area contributed by atoms with Crippen LogP contribution in [0.15, 0.2) is 77.9 Å². The average molecular weight is 376 g/mol. The smallest absolute Gasteiger partial charge is 0.272 e. The maximum Gasteiger partial charge on any atom is 0.272 e. The number of nitrogens with one attached hydrogen (secondary N) is 1. The van der Waals surface area contributed by atoms with Gasteiger partial charge >= 0.3 is 0 Å². The summed E-state index contributed by atoms with van der Waals surface area (Å²) in [5, 5.41) is 4.43. The van der Waals surface area contributed by atoms with Crippen LogP contribution in [0.4, 0.5) is 5.69 Å². The Hall–Kier alpha value is -3.11. The number of anilines is 1. The topological polar surface area (TPSA) is 44.7 Å². The fraction of sp³-hybridized carbons (Fsp3) is 0.0909. The van der Waals surface area contributed by atoms with E-state index in [0.29, 0.717) is 10.6 Å². The Morgan fingerprint density at radius 2 is 1.56 bits per heavy atom. The van der Waals surface area contributed by atoms with Crippen molar-refractivity contribution >= 4 is 29.4 Å². The van der Waals surface area contributed by atoms with Crippen LogP contribution >= 0.6 is 11.6 Å². The van der Waals surface area contributed by atoms with Crippen molar-refractivity contribution in [1.82, 2.24) is 5.43 Å². The summed E-state index contributed by atoms with van der Waals surface area (Å²) in [7, 11) is 0. The van der Waals surface area contributed by atoms with Crippen molar-refractivity contribution in [2.45, 2.75) is 13.1 Å². The molecule has 0 fully saturated rings. The van der Waals surface area contributed by atoms with Gasteiger partial charge in [0.1, 0.15) is 0 Å². The van der Waals surface area contributed by atoms with Gasteiger partial charge in [0.15, 0.2) is 0 Å². The van der Waals surface area contributed by atoms with Gasteiger partial charge in [-0.3, -0.25) is 4.79 Å². The van der Waals surface area contributed by atoms with E-state index in [2.05, 4.69) is 51.8 Å². The van der Waals surface area contributed by atoms with Gasteiger partial charge < -0.3 is 4.90 Å². The van der Waals surface area contributed by atoms with Gasteiger partial charge in [-0.25, -0.2) is 5.43 Å². The van der Waals surface area contributed by atoms with Crippen LogP contribution < -0.4 is 10.3 Å². The molecule has 0 radical (unpaired) electrons. The summed E-state index contributed by atoms with van der Waals surface area (Å²) in [5.74, 6) is -0.330. The lowest BCUT2D eigenvalue weighted by Crippen LogP contribution is -2.18. The zero-order valence-corrected chi connectivity index (χ0v) is 15.4. The number of fused-ring (bicyclic) bond motifs is 1. The lowest BCUT2D eigenvalue weighted by Gasteiger charge is -2.17. The summed E-state index contributed by atoms with van der Waals surface area (Å²) in [5.41, 5.74) is 7.75. The molecule has 4 rings (SSSR count). The minimum atomic E-state index is -0.330. The first-order valence-corrected chi connectivity index (χ1v) is 9.08. The van der Waals surface area contributed by atoms with Crippen molar-refractivity contribution < 1.29 is 4.79 Å². The molecular weight excluding hydrogens is 358 g/mol. The maximum absolute atomic E-state index is 12.1. The van der Waals surface area contributed by atoms with E-state index in [1.807, 2.05) is 12.1 Å². The third-order valence-corrected chi connectivity index (χ3v) is 4.93. The Bertz CT molecular complexity index is 973. The molecule has 3 aromatic rings. The minimum Gasteiger partial charge on any atom is -0.363 e. The van der Waals surface area contributed by atoms with Crippen LogP contribution in [0.25, 0.3) is 0 Å². The molecule has 0 saturated carbocycles. The fourth-order valence-electron chi connectivity index (χ4n) is 3.16. The van der Waals surface area contributed by atoms with Gasteiger partial charge in [0.05, 0.1) is 16.8 Å². The quantitative estimate of drug-likeness (QED) is 0.534. The van der Waals surface area contributed by atoms with Crippen molar-refractivity contribution in [3.05, 3.63) is 100 Å². The van der Waals surface area contributed by atoms with E-state index in [1.165, 1.54) is 16.8 Å². The number of hydrogen-bond donors (Lipinski definition) is 1. The molecule has 1 heterocycles. The molecule has 0 unspecified atom stereocenters. The van der Waals surface area contributed by atoms with Crippen molar-refractivity contribution in [2.75, 3.05) is 4.90 Å². The predicted octanol–water partition coefficient (Wildman–Crippen LogP) is 4.62. The lowest BCUT2D eigenvalue weighted by atomic mass is 10.1. The van der Waals surface area contributed by atoms with Gasteiger partial charge in [-0.05, 0) is 41.0 Å². The number of rotatable bonds is 4. The van der Waals surface area contributed by atoms with Crippen LogP contribution in [-0.2, 0) is 13.1 Å². The normalized spacial score (nSPS) is 13.0. The van der Waals surface area contributed by atoms with Gasteiger partial charge in [-0.15, -0.1) is 0 Å². The summed E-state index contributed by atoms with van der Waals surface area (Å²) in [6, 6.07) is 23.5. The second-order valence-electron chi connectivity index (χ2n) is 6.40. The number of carbonyl (C=O) groups is 1. The highest BCUT2D eigenvalue weighted by Gasteiger charge is 2.18. The Kier molecular flexibility index (Phi) is 4.90. The maximum atomic E-state index is 12.1. The summed E-state index contributed by atoms with van der Waals surface area (Å²) in [4.78, 5) is 14.4. The first kappa shape index (κ1) is 17.3. The van der Waals surface area contributed by atoms with E-state index in [-0.39, 0.29) is 5.91 Å². The fourth-order valence-corrected chi connectivity index (χ4v) is 3.38. The van der Waals surface area contributed by atoms with Crippen LogP contribution in [0.5, 0.6) is 0 Å². The van der Waals surface area contributed by atoms with Crippen molar-refractivity contribution in [3.8, 4) is 0 Å². The van der Waals surface area contributed by atoms with Crippen LogP contribution in [-0.4, -0.2) is 12.1 Å². The van der Waals surface area contributed by atoms with E-state index >= 15 is 0 Å². The minimum absolute atomic E-state index is 0.330. The summed E-state index contributed by atoms with van der Waals surface area (Å²) >= 11 is 6.01. The summed E-state index contributed by atoms with van der Waals surface area (Å²) < 4.78 is 0. The van der Waals surface area contributed by atoms with Crippen LogP contribution in [0.3, 0.4) is 0 Å². The molecule has 1 aliphatic heterocycles. The zero-order chi connectivity index (χ0) is 18.6. The lowest BCUT2D eigenvalue weighted by molar-refractivity contribution is 0.0955. The number of benzene rings is 3. The summed E-state index contributed by atoms with van der Waals surface area (Å²) in [6.07, 6.45) is 1.62. The van der Waals surface area contributed by atoms with Gasteiger partial charge in [-0.2, -0.15) is 5.10 Å². The molecule has 0 bridgehead atoms. The van der Waals surface area contributed by atoms with Crippen LogP contribution in [0.1, 0.15) is 27.0 Å². The van der Waals surface area contributed by atoms with E-state index in [4.69, 9.17) is 11.6 Å². The van der Waals surface area contributed by atoms with E-state index in [9.17, 15) is 4.79 Å². The number of carbonyl (C=O) groups excluding carboxylic acids is 1. The number of nitrogens with zero attached hydrogens (tertiary/aromatic N) is 2. The Balaban J connectivity index is 1.38. The zero-order valence-electron chi connectivity index (χ0n) is 14.6. The van der Waals surface area contributed by atoms with Crippen molar-refractivity contribution in [3.63, 3.8) is 0 Å². The molecule has 134 valence electrons. The van der Waals surface area contributed by atoms with Crippen molar-refractivity contribution in [2.24, 2.45) is 5.10 Å². The third kappa shape index (κ3) is 3.86. The average Bonchev–Trinajstić information content (AvgIpc) is 3.13. The number of halogens is 1. The Morgan fingerprint density at radius 3 is 2.22 bits per heavy atom. The molecule has 0 saturated heterocycles. The molecule has 27 heavy (non-hydrogen) atoms. The van der Waals surface area contributed by atoms with E-state index < -0.39 is 0 Å². The highest BCUT2D eigenvalue weighted by Crippen LogP contribution is 2.27. The Morgan fingerprint density at radius 1 is 0.926 bits per heavy atom. The monoisotopic (exact) mass is 375 g/mol.